The van der Waals surface area contributed by atoms with Gasteiger partial charge in [0.05, 0.1) is 12.2 Å². The summed E-state index contributed by atoms with van der Waals surface area (Å²) in [5.41, 5.74) is 1.09. The van der Waals surface area contributed by atoms with Crippen molar-refractivity contribution < 1.29 is 19.1 Å². The number of benzene rings is 1. The molecule has 1 N–H and O–H groups in total. The van der Waals surface area contributed by atoms with Gasteiger partial charge in [-0.2, -0.15) is 0 Å². The number of hydrogen-bond donors (Lipinski definition) is 1. The highest BCUT2D eigenvalue weighted by atomic mass is 16.6. The van der Waals surface area contributed by atoms with Crippen LogP contribution in [0.2, 0.25) is 0 Å². The summed E-state index contributed by atoms with van der Waals surface area (Å²) in [5, 5.41) is 2.77. The Morgan fingerprint density at radius 3 is 2.80 bits per heavy atom. The van der Waals surface area contributed by atoms with E-state index >= 15 is 0 Å². The number of hydrogen-bond acceptors (Lipinski definition) is 4. The maximum absolute atomic E-state index is 11.7. The van der Waals surface area contributed by atoms with E-state index in [9.17, 15) is 9.59 Å². The molecular formula is C15H19NO4. The van der Waals surface area contributed by atoms with Crippen molar-refractivity contribution in [1.29, 1.82) is 0 Å². The SMILES string of the molecule is CCCC(=O)Nc1ccc(OCC2CO2)c(C(C)=O)c1. The molecule has 0 spiro atoms. The molecule has 1 atom stereocenters. The van der Waals surface area contributed by atoms with Crippen molar-refractivity contribution in [3.05, 3.63) is 23.8 Å². The third kappa shape index (κ3) is 4.06. The third-order valence-corrected chi connectivity index (χ3v) is 2.95. The first-order chi connectivity index (χ1) is 9.60. The number of carbonyl (C=O) groups excluding carboxylic acids is 2. The number of carbonyl (C=O) groups is 2. The van der Waals surface area contributed by atoms with Crippen molar-refractivity contribution in [3.8, 4) is 5.75 Å². The van der Waals surface area contributed by atoms with Gasteiger partial charge in [0, 0.05) is 12.1 Å². The molecule has 1 amide bonds. The minimum Gasteiger partial charge on any atom is -0.490 e. The van der Waals surface area contributed by atoms with Crippen LogP contribution >= 0.6 is 0 Å². The molecule has 1 aromatic carbocycles. The highest BCUT2D eigenvalue weighted by Gasteiger charge is 2.24. The Balaban J connectivity index is 2.09. The van der Waals surface area contributed by atoms with Crippen LogP contribution in [-0.4, -0.2) is 31.0 Å². The second kappa shape index (κ2) is 6.52. The van der Waals surface area contributed by atoms with Gasteiger partial charge in [0.2, 0.25) is 5.91 Å². The third-order valence-electron chi connectivity index (χ3n) is 2.95. The summed E-state index contributed by atoms with van der Waals surface area (Å²) in [6.07, 6.45) is 1.39. The van der Waals surface area contributed by atoms with Gasteiger partial charge >= 0.3 is 0 Å². The Bertz CT molecular complexity index is 509. The normalized spacial score (nSPS) is 16.6. The predicted molar refractivity (Wildman–Crippen MR) is 75.2 cm³/mol. The minimum absolute atomic E-state index is 0.0537. The van der Waals surface area contributed by atoms with Gasteiger partial charge in [-0.1, -0.05) is 6.92 Å². The second-order valence-electron chi connectivity index (χ2n) is 4.83. The van der Waals surface area contributed by atoms with Crippen LogP contribution in [0, 0.1) is 0 Å². The summed E-state index contributed by atoms with van der Waals surface area (Å²) in [7, 11) is 0. The number of amides is 1. The fourth-order valence-electron chi connectivity index (χ4n) is 1.81. The van der Waals surface area contributed by atoms with E-state index in [0.29, 0.717) is 36.6 Å². The summed E-state index contributed by atoms with van der Waals surface area (Å²) in [5.74, 6) is 0.381. The van der Waals surface area contributed by atoms with E-state index in [4.69, 9.17) is 9.47 Å². The molecule has 1 heterocycles. The molecule has 20 heavy (non-hydrogen) atoms. The maximum atomic E-state index is 11.7. The molecule has 0 radical (unpaired) electrons. The lowest BCUT2D eigenvalue weighted by Gasteiger charge is -2.11. The first-order valence-corrected chi connectivity index (χ1v) is 6.79. The van der Waals surface area contributed by atoms with E-state index in [1.165, 1.54) is 6.92 Å². The standard InChI is InChI=1S/C15H19NO4/c1-3-4-15(18)16-11-5-6-14(13(7-11)10(2)17)20-9-12-8-19-12/h5-7,12H,3-4,8-9H2,1-2H3,(H,16,18). The van der Waals surface area contributed by atoms with E-state index in [-0.39, 0.29) is 17.8 Å². The van der Waals surface area contributed by atoms with Gasteiger partial charge in [-0.15, -0.1) is 0 Å². The highest BCUT2D eigenvalue weighted by molar-refractivity contribution is 5.99. The molecule has 108 valence electrons. The van der Waals surface area contributed by atoms with Crippen molar-refractivity contribution in [2.45, 2.75) is 32.8 Å². The molecule has 2 rings (SSSR count). The fourth-order valence-corrected chi connectivity index (χ4v) is 1.81. The van der Waals surface area contributed by atoms with Crippen LogP contribution in [-0.2, 0) is 9.53 Å². The molecule has 0 saturated carbocycles. The monoisotopic (exact) mass is 277 g/mol. The number of anilines is 1. The second-order valence-corrected chi connectivity index (χ2v) is 4.83. The number of Topliss-reactive ketones (excluding diaryl/α,β-unsaturated/α-hetero) is 1. The van der Waals surface area contributed by atoms with Crippen molar-refractivity contribution in [1.82, 2.24) is 0 Å². The van der Waals surface area contributed by atoms with Gasteiger partial charge in [-0.3, -0.25) is 9.59 Å². The van der Waals surface area contributed by atoms with Gasteiger partial charge in [0.15, 0.2) is 5.78 Å². The largest absolute Gasteiger partial charge is 0.490 e. The zero-order chi connectivity index (χ0) is 14.5. The van der Waals surface area contributed by atoms with Gasteiger partial charge in [0.25, 0.3) is 0 Å². The Labute approximate surface area is 118 Å². The van der Waals surface area contributed by atoms with Crippen LogP contribution in [0.5, 0.6) is 5.75 Å². The smallest absolute Gasteiger partial charge is 0.224 e. The maximum Gasteiger partial charge on any atom is 0.224 e. The van der Waals surface area contributed by atoms with Crippen LogP contribution in [0.4, 0.5) is 5.69 Å². The average molecular weight is 277 g/mol. The topological polar surface area (TPSA) is 67.9 Å². The van der Waals surface area contributed by atoms with Crippen LogP contribution < -0.4 is 10.1 Å². The lowest BCUT2D eigenvalue weighted by atomic mass is 10.1. The number of ether oxygens (including phenoxy) is 2. The van der Waals surface area contributed by atoms with E-state index in [2.05, 4.69) is 5.32 Å². The van der Waals surface area contributed by atoms with Crippen LogP contribution in [0.3, 0.4) is 0 Å². The quantitative estimate of drug-likeness (QED) is 0.614. The summed E-state index contributed by atoms with van der Waals surface area (Å²) < 4.78 is 10.6. The molecule has 1 fully saturated rings. The minimum atomic E-state index is -0.0942. The molecular weight excluding hydrogens is 258 g/mol. The molecule has 1 saturated heterocycles. The molecule has 5 nitrogen and oxygen atoms in total. The summed E-state index contributed by atoms with van der Waals surface area (Å²) in [4.78, 5) is 23.2. The summed E-state index contributed by atoms with van der Waals surface area (Å²) >= 11 is 0. The molecule has 1 aromatic rings. The lowest BCUT2D eigenvalue weighted by Crippen LogP contribution is -2.12. The number of nitrogens with one attached hydrogen (secondary N) is 1. The highest BCUT2D eigenvalue weighted by Crippen LogP contribution is 2.25. The van der Waals surface area contributed by atoms with Crippen molar-refractivity contribution in [2.75, 3.05) is 18.5 Å². The average Bonchev–Trinajstić information content (AvgIpc) is 3.21. The number of rotatable bonds is 7. The molecule has 0 aromatic heterocycles. The molecule has 0 aliphatic carbocycles. The molecule has 0 bridgehead atoms. The molecule has 5 heteroatoms. The van der Waals surface area contributed by atoms with Crippen LogP contribution in [0.15, 0.2) is 18.2 Å². The van der Waals surface area contributed by atoms with E-state index < -0.39 is 0 Å². The Hall–Kier alpha value is -1.88. The Morgan fingerprint density at radius 2 is 2.20 bits per heavy atom. The fraction of sp³-hybridized carbons (Fsp3) is 0.467. The van der Waals surface area contributed by atoms with Crippen molar-refractivity contribution in [2.24, 2.45) is 0 Å². The van der Waals surface area contributed by atoms with Crippen LogP contribution in [0.1, 0.15) is 37.0 Å². The van der Waals surface area contributed by atoms with Crippen molar-refractivity contribution >= 4 is 17.4 Å². The van der Waals surface area contributed by atoms with Gasteiger partial charge < -0.3 is 14.8 Å². The molecule has 1 unspecified atom stereocenters. The van der Waals surface area contributed by atoms with E-state index in [1.54, 1.807) is 18.2 Å². The zero-order valence-corrected chi connectivity index (χ0v) is 11.8. The Kier molecular flexibility index (Phi) is 4.74. The summed E-state index contributed by atoms with van der Waals surface area (Å²) in [6, 6.07) is 5.10. The van der Waals surface area contributed by atoms with Gasteiger partial charge in [-0.25, -0.2) is 0 Å². The van der Waals surface area contributed by atoms with E-state index in [0.717, 1.165) is 6.42 Å². The zero-order valence-electron chi connectivity index (χ0n) is 11.8. The lowest BCUT2D eigenvalue weighted by molar-refractivity contribution is -0.116. The Morgan fingerprint density at radius 1 is 1.45 bits per heavy atom. The van der Waals surface area contributed by atoms with Gasteiger partial charge in [0.1, 0.15) is 18.5 Å². The van der Waals surface area contributed by atoms with Gasteiger partial charge in [-0.05, 0) is 31.5 Å². The first kappa shape index (κ1) is 14.5. The first-order valence-electron chi connectivity index (χ1n) is 6.79. The van der Waals surface area contributed by atoms with Crippen molar-refractivity contribution in [3.63, 3.8) is 0 Å². The molecule has 1 aliphatic rings. The number of ketones is 1. The summed E-state index contributed by atoms with van der Waals surface area (Å²) in [6.45, 7) is 4.58. The predicted octanol–water partition coefficient (Wildman–Crippen LogP) is 2.41. The van der Waals surface area contributed by atoms with E-state index in [1.807, 2.05) is 6.92 Å². The van der Waals surface area contributed by atoms with Crippen LogP contribution in [0.25, 0.3) is 0 Å². The molecule has 1 aliphatic heterocycles. The number of epoxide rings is 1.